The summed E-state index contributed by atoms with van der Waals surface area (Å²) in [4.78, 5) is 11.8. The molecule has 0 fully saturated rings. The van der Waals surface area contributed by atoms with Gasteiger partial charge in [-0.2, -0.15) is 0 Å². The standard InChI is InChI=1S/C14H21NO2/c1-8(2)10-5-6-11(9(3)4)14(17)13(10)12(16)7-15/h5-6,8-9,17H,7,15H2,1-4H3. The summed E-state index contributed by atoms with van der Waals surface area (Å²) in [6.45, 7) is 7.89. The molecule has 1 aromatic rings. The smallest absolute Gasteiger partial charge is 0.180 e. The average Bonchev–Trinajstić information content (AvgIpc) is 2.26. The highest BCUT2D eigenvalue weighted by atomic mass is 16.3. The van der Waals surface area contributed by atoms with Gasteiger partial charge in [0.2, 0.25) is 0 Å². The highest BCUT2D eigenvalue weighted by molar-refractivity contribution is 6.01. The Morgan fingerprint density at radius 1 is 1.18 bits per heavy atom. The van der Waals surface area contributed by atoms with E-state index >= 15 is 0 Å². The van der Waals surface area contributed by atoms with Crippen molar-refractivity contribution in [1.82, 2.24) is 0 Å². The van der Waals surface area contributed by atoms with Crippen LogP contribution in [-0.2, 0) is 0 Å². The van der Waals surface area contributed by atoms with Crippen LogP contribution in [0.2, 0.25) is 0 Å². The van der Waals surface area contributed by atoms with Crippen LogP contribution >= 0.6 is 0 Å². The summed E-state index contributed by atoms with van der Waals surface area (Å²) in [5.74, 6) is 0.267. The van der Waals surface area contributed by atoms with Gasteiger partial charge >= 0.3 is 0 Å². The van der Waals surface area contributed by atoms with Crippen LogP contribution in [0.3, 0.4) is 0 Å². The Morgan fingerprint density at radius 2 is 1.65 bits per heavy atom. The van der Waals surface area contributed by atoms with Crippen LogP contribution in [0.25, 0.3) is 0 Å². The number of hydrogen-bond donors (Lipinski definition) is 2. The molecule has 1 rings (SSSR count). The summed E-state index contributed by atoms with van der Waals surface area (Å²) in [7, 11) is 0. The molecular formula is C14H21NO2. The van der Waals surface area contributed by atoms with E-state index < -0.39 is 0 Å². The lowest BCUT2D eigenvalue weighted by molar-refractivity contribution is 0.0997. The van der Waals surface area contributed by atoms with E-state index in [2.05, 4.69) is 0 Å². The van der Waals surface area contributed by atoms with Crippen molar-refractivity contribution in [3.05, 3.63) is 28.8 Å². The van der Waals surface area contributed by atoms with Crippen LogP contribution in [0.5, 0.6) is 5.75 Å². The maximum atomic E-state index is 11.8. The summed E-state index contributed by atoms with van der Waals surface area (Å²) in [6.07, 6.45) is 0. The minimum absolute atomic E-state index is 0.0746. The lowest BCUT2D eigenvalue weighted by Crippen LogP contribution is -2.17. The third kappa shape index (κ3) is 2.67. The topological polar surface area (TPSA) is 63.3 Å². The summed E-state index contributed by atoms with van der Waals surface area (Å²) >= 11 is 0. The maximum Gasteiger partial charge on any atom is 0.180 e. The second kappa shape index (κ2) is 5.32. The molecule has 0 aliphatic heterocycles. The van der Waals surface area contributed by atoms with Gasteiger partial charge in [0, 0.05) is 0 Å². The number of benzene rings is 1. The Balaban J connectivity index is 3.47. The number of Topliss-reactive ketones (excluding diaryl/α,β-unsaturated/α-hetero) is 1. The molecule has 1 aromatic carbocycles. The highest BCUT2D eigenvalue weighted by Crippen LogP contribution is 2.34. The molecular weight excluding hydrogens is 214 g/mol. The predicted molar refractivity (Wildman–Crippen MR) is 69.7 cm³/mol. The monoisotopic (exact) mass is 235 g/mol. The van der Waals surface area contributed by atoms with E-state index in [4.69, 9.17) is 5.73 Å². The van der Waals surface area contributed by atoms with Crippen LogP contribution in [0.1, 0.15) is 61.0 Å². The van der Waals surface area contributed by atoms with Crippen molar-refractivity contribution in [3.63, 3.8) is 0 Å². The molecule has 0 atom stereocenters. The zero-order valence-corrected chi connectivity index (χ0v) is 10.9. The molecule has 0 saturated heterocycles. The Hall–Kier alpha value is -1.35. The van der Waals surface area contributed by atoms with Gasteiger partial charge < -0.3 is 10.8 Å². The normalized spacial score (nSPS) is 11.2. The van der Waals surface area contributed by atoms with Gasteiger partial charge in [-0.25, -0.2) is 0 Å². The van der Waals surface area contributed by atoms with Crippen molar-refractivity contribution in [2.45, 2.75) is 39.5 Å². The molecule has 3 heteroatoms. The van der Waals surface area contributed by atoms with E-state index in [1.165, 1.54) is 0 Å². The Kier molecular flexibility index (Phi) is 4.29. The molecule has 0 spiro atoms. The van der Waals surface area contributed by atoms with Crippen molar-refractivity contribution in [2.75, 3.05) is 6.54 Å². The van der Waals surface area contributed by atoms with Crippen LogP contribution in [0.15, 0.2) is 12.1 Å². The van der Waals surface area contributed by atoms with Gasteiger partial charge in [0.15, 0.2) is 5.78 Å². The lowest BCUT2D eigenvalue weighted by atomic mass is 9.89. The minimum Gasteiger partial charge on any atom is -0.507 e. The van der Waals surface area contributed by atoms with Gasteiger partial charge in [0.25, 0.3) is 0 Å². The minimum atomic E-state index is -0.200. The van der Waals surface area contributed by atoms with Crippen LogP contribution in [-0.4, -0.2) is 17.4 Å². The van der Waals surface area contributed by atoms with Gasteiger partial charge in [0.05, 0.1) is 12.1 Å². The summed E-state index contributed by atoms with van der Waals surface area (Å²) in [6, 6.07) is 3.81. The second-order valence-corrected chi connectivity index (χ2v) is 4.90. The molecule has 0 unspecified atom stereocenters. The number of rotatable bonds is 4. The Bertz CT molecular complexity index is 422. The fourth-order valence-corrected chi connectivity index (χ4v) is 1.97. The van der Waals surface area contributed by atoms with Crippen molar-refractivity contribution in [1.29, 1.82) is 0 Å². The number of nitrogens with two attached hydrogens (primary N) is 1. The number of hydrogen-bond acceptors (Lipinski definition) is 3. The molecule has 0 aromatic heterocycles. The number of ketones is 1. The van der Waals surface area contributed by atoms with E-state index in [1.54, 1.807) is 0 Å². The van der Waals surface area contributed by atoms with Gasteiger partial charge in [0.1, 0.15) is 5.75 Å². The summed E-state index contributed by atoms with van der Waals surface area (Å²) in [5, 5.41) is 10.2. The number of aromatic hydroxyl groups is 1. The van der Waals surface area contributed by atoms with Crippen LogP contribution in [0.4, 0.5) is 0 Å². The average molecular weight is 235 g/mol. The molecule has 0 aliphatic rings. The SMILES string of the molecule is CC(C)c1ccc(C(C)C)c(C(=O)CN)c1O. The number of phenolic OH excluding ortho intramolecular Hbond substituents is 1. The van der Waals surface area contributed by atoms with E-state index in [-0.39, 0.29) is 29.9 Å². The molecule has 0 radical (unpaired) electrons. The first kappa shape index (κ1) is 13.7. The van der Waals surface area contributed by atoms with Gasteiger partial charge in [-0.15, -0.1) is 0 Å². The molecule has 17 heavy (non-hydrogen) atoms. The maximum absolute atomic E-state index is 11.8. The quantitative estimate of drug-likeness (QED) is 0.789. The Morgan fingerprint density at radius 3 is 2.06 bits per heavy atom. The van der Waals surface area contributed by atoms with Gasteiger partial charge in [-0.1, -0.05) is 39.8 Å². The van der Waals surface area contributed by atoms with E-state index in [9.17, 15) is 9.90 Å². The fourth-order valence-electron chi connectivity index (χ4n) is 1.97. The zero-order valence-electron chi connectivity index (χ0n) is 10.9. The summed E-state index contributed by atoms with van der Waals surface area (Å²) < 4.78 is 0. The first-order valence-corrected chi connectivity index (χ1v) is 5.99. The first-order valence-electron chi connectivity index (χ1n) is 5.99. The highest BCUT2D eigenvalue weighted by Gasteiger charge is 2.20. The number of carbonyl (C=O) groups excluding carboxylic acids is 1. The lowest BCUT2D eigenvalue weighted by Gasteiger charge is -2.17. The van der Waals surface area contributed by atoms with Gasteiger partial charge in [-0.3, -0.25) is 4.79 Å². The van der Waals surface area contributed by atoms with E-state index in [0.29, 0.717) is 5.56 Å². The third-order valence-corrected chi connectivity index (χ3v) is 2.95. The van der Waals surface area contributed by atoms with Crippen molar-refractivity contribution in [3.8, 4) is 5.75 Å². The first-order chi connectivity index (χ1) is 7.90. The largest absolute Gasteiger partial charge is 0.507 e. The van der Waals surface area contributed by atoms with Crippen molar-refractivity contribution in [2.24, 2.45) is 5.73 Å². The third-order valence-electron chi connectivity index (χ3n) is 2.95. The molecule has 0 saturated carbocycles. The van der Waals surface area contributed by atoms with Gasteiger partial charge in [-0.05, 0) is 23.0 Å². The molecule has 0 heterocycles. The molecule has 94 valence electrons. The predicted octanol–water partition coefficient (Wildman–Crippen LogP) is 2.78. The molecule has 3 N–H and O–H groups in total. The fraction of sp³-hybridized carbons (Fsp3) is 0.500. The summed E-state index contributed by atoms with van der Waals surface area (Å²) in [5.41, 5.74) is 7.47. The van der Waals surface area contributed by atoms with Crippen molar-refractivity contribution < 1.29 is 9.90 Å². The van der Waals surface area contributed by atoms with Crippen molar-refractivity contribution >= 4 is 5.78 Å². The molecule has 0 bridgehead atoms. The number of phenols is 1. The van der Waals surface area contributed by atoms with E-state index in [0.717, 1.165) is 11.1 Å². The molecule has 0 aliphatic carbocycles. The van der Waals surface area contributed by atoms with E-state index in [1.807, 2.05) is 39.8 Å². The molecule has 0 amide bonds. The molecule has 3 nitrogen and oxygen atoms in total. The zero-order chi connectivity index (χ0) is 13.2. The Labute approximate surface area is 103 Å². The van der Waals surface area contributed by atoms with Crippen LogP contribution < -0.4 is 5.73 Å². The second-order valence-electron chi connectivity index (χ2n) is 4.90. The van der Waals surface area contributed by atoms with Crippen LogP contribution in [0, 0.1) is 0 Å². The number of carbonyl (C=O) groups is 1.